The van der Waals surface area contributed by atoms with Gasteiger partial charge in [0, 0.05) is 12.0 Å². The summed E-state index contributed by atoms with van der Waals surface area (Å²) in [6.45, 7) is 2.74. The first kappa shape index (κ1) is 9.90. The van der Waals surface area contributed by atoms with Gasteiger partial charge >= 0.3 is 0 Å². The summed E-state index contributed by atoms with van der Waals surface area (Å²) in [5, 5.41) is 0. The monoisotopic (exact) mass is 278 g/mol. The predicted octanol–water partition coefficient (Wildman–Crippen LogP) is 3.08. The molecule has 0 amide bonds. The van der Waals surface area contributed by atoms with Crippen LogP contribution in [0.4, 0.5) is 0 Å². The molecule has 0 aliphatic carbocycles. The zero-order chi connectivity index (χ0) is 11.1. The SMILES string of the molecule is Cc1nc(-c2ccc3c(c2)CCO3)c(Br)[nH]1. The molecule has 16 heavy (non-hydrogen) atoms. The third kappa shape index (κ3) is 1.53. The van der Waals surface area contributed by atoms with Crippen molar-refractivity contribution in [3.05, 3.63) is 34.2 Å². The number of H-pyrrole nitrogens is 1. The fraction of sp³-hybridized carbons (Fsp3) is 0.250. The quantitative estimate of drug-likeness (QED) is 0.871. The average Bonchev–Trinajstić information content (AvgIpc) is 2.83. The van der Waals surface area contributed by atoms with Crippen LogP contribution in [0.25, 0.3) is 11.3 Å². The summed E-state index contributed by atoms with van der Waals surface area (Å²) < 4.78 is 6.42. The van der Waals surface area contributed by atoms with E-state index in [0.29, 0.717) is 0 Å². The minimum atomic E-state index is 0.791. The molecule has 3 rings (SSSR count). The van der Waals surface area contributed by atoms with E-state index >= 15 is 0 Å². The molecule has 0 spiro atoms. The maximum atomic E-state index is 5.48. The number of aryl methyl sites for hydroxylation is 1. The van der Waals surface area contributed by atoms with Crippen LogP contribution in [0, 0.1) is 6.92 Å². The van der Waals surface area contributed by atoms with Crippen molar-refractivity contribution in [2.24, 2.45) is 0 Å². The molecule has 1 aromatic heterocycles. The number of nitrogens with one attached hydrogen (secondary N) is 1. The molecule has 2 aromatic rings. The Hall–Kier alpha value is -1.29. The lowest BCUT2D eigenvalue weighted by Gasteiger charge is -2.01. The second-order valence-electron chi connectivity index (χ2n) is 3.91. The number of ether oxygens (including phenoxy) is 1. The Kier molecular flexibility index (Phi) is 2.24. The molecule has 1 N–H and O–H groups in total. The number of aromatic nitrogens is 2. The highest BCUT2D eigenvalue weighted by atomic mass is 79.9. The van der Waals surface area contributed by atoms with Crippen molar-refractivity contribution in [3.8, 4) is 17.0 Å². The second-order valence-corrected chi connectivity index (χ2v) is 4.70. The summed E-state index contributed by atoms with van der Waals surface area (Å²) in [6.07, 6.45) is 0.990. The predicted molar refractivity (Wildman–Crippen MR) is 65.7 cm³/mol. The highest BCUT2D eigenvalue weighted by Gasteiger charge is 2.15. The van der Waals surface area contributed by atoms with Crippen molar-refractivity contribution in [2.75, 3.05) is 6.61 Å². The summed E-state index contributed by atoms with van der Waals surface area (Å²) in [7, 11) is 0. The Morgan fingerprint density at radius 3 is 3.06 bits per heavy atom. The summed E-state index contributed by atoms with van der Waals surface area (Å²) in [4.78, 5) is 7.61. The Labute approximate surface area is 102 Å². The topological polar surface area (TPSA) is 37.9 Å². The maximum absolute atomic E-state index is 5.48. The molecule has 0 bridgehead atoms. The van der Waals surface area contributed by atoms with E-state index in [9.17, 15) is 0 Å². The van der Waals surface area contributed by atoms with Crippen molar-refractivity contribution < 1.29 is 4.74 Å². The molecule has 0 fully saturated rings. The van der Waals surface area contributed by atoms with Crippen LogP contribution in [0.15, 0.2) is 22.8 Å². The Morgan fingerprint density at radius 1 is 1.44 bits per heavy atom. The van der Waals surface area contributed by atoms with Crippen molar-refractivity contribution in [2.45, 2.75) is 13.3 Å². The second kappa shape index (κ2) is 3.63. The van der Waals surface area contributed by atoms with Crippen molar-refractivity contribution in [1.82, 2.24) is 9.97 Å². The van der Waals surface area contributed by atoms with Gasteiger partial charge in [0.2, 0.25) is 0 Å². The van der Waals surface area contributed by atoms with Crippen LogP contribution in [-0.4, -0.2) is 16.6 Å². The average molecular weight is 279 g/mol. The van der Waals surface area contributed by atoms with Gasteiger partial charge in [0.1, 0.15) is 21.9 Å². The number of imidazole rings is 1. The molecular formula is C12H11BrN2O. The van der Waals surface area contributed by atoms with Crippen molar-refractivity contribution >= 4 is 15.9 Å². The van der Waals surface area contributed by atoms with Gasteiger partial charge in [0.05, 0.1) is 6.61 Å². The Bertz CT molecular complexity index is 548. The van der Waals surface area contributed by atoms with E-state index in [0.717, 1.165) is 40.5 Å². The fourth-order valence-electron chi connectivity index (χ4n) is 1.99. The highest BCUT2D eigenvalue weighted by Crippen LogP contribution is 2.32. The molecule has 1 aliphatic heterocycles. The number of hydrogen-bond acceptors (Lipinski definition) is 2. The lowest BCUT2D eigenvalue weighted by atomic mass is 10.1. The lowest BCUT2D eigenvalue weighted by Crippen LogP contribution is -1.85. The third-order valence-corrected chi connectivity index (χ3v) is 3.31. The van der Waals surface area contributed by atoms with Crippen LogP contribution in [0.1, 0.15) is 11.4 Å². The highest BCUT2D eigenvalue weighted by molar-refractivity contribution is 9.10. The standard InChI is InChI=1S/C12H11BrN2O/c1-7-14-11(12(13)15-7)9-2-3-10-8(6-9)4-5-16-10/h2-3,6H,4-5H2,1H3,(H,14,15). The van der Waals surface area contributed by atoms with Gasteiger partial charge in [-0.3, -0.25) is 0 Å². The van der Waals surface area contributed by atoms with Crippen LogP contribution in [0.2, 0.25) is 0 Å². The molecule has 1 aromatic carbocycles. The van der Waals surface area contributed by atoms with Crippen LogP contribution in [0.3, 0.4) is 0 Å². The number of aromatic amines is 1. The lowest BCUT2D eigenvalue weighted by molar-refractivity contribution is 0.357. The number of rotatable bonds is 1. The van der Waals surface area contributed by atoms with E-state index in [1.165, 1.54) is 5.56 Å². The van der Waals surface area contributed by atoms with Gasteiger partial charge < -0.3 is 9.72 Å². The molecule has 1 aliphatic rings. The van der Waals surface area contributed by atoms with Crippen LogP contribution >= 0.6 is 15.9 Å². The third-order valence-electron chi connectivity index (χ3n) is 2.74. The zero-order valence-corrected chi connectivity index (χ0v) is 10.5. The van der Waals surface area contributed by atoms with Gasteiger partial charge in [0.25, 0.3) is 0 Å². The first-order chi connectivity index (χ1) is 7.74. The van der Waals surface area contributed by atoms with E-state index in [1.54, 1.807) is 0 Å². The number of nitrogens with zero attached hydrogens (tertiary/aromatic N) is 1. The Morgan fingerprint density at radius 2 is 2.31 bits per heavy atom. The minimum absolute atomic E-state index is 0.791. The number of benzene rings is 1. The van der Waals surface area contributed by atoms with Gasteiger partial charge in [-0.05, 0) is 46.6 Å². The molecule has 0 saturated heterocycles. The van der Waals surface area contributed by atoms with Crippen molar-refractivity contribution in [3.63, 3.8) is 0 Å². The molecule has 0 radical (unpaired) electrons. The molecule has 4 heteroatoms. The fourth-order valence-corrected chi connectivity index (χ4v) is 2.59. The van der Waals surface area contributed by atoms with Crippen LogP contribution < -0.4 is 4.74 Å². The minimum Gasteiger partial charge on any atom is -0.493 e. The molecule has 2 heterocycles. The van der Waals surface area contributed by atoms with Crippen LogP contribution in [0.5, 0.6) is 5.75 Å². The summed E-state index contributed by atoms with van der Waals surface area (Å²) in [5.41, 5.74) is 3.36. The normalized spacial score (nSPS) is 13.6. The summed E-state index contributed by atoms with van der Waals surface area (Å²) in [6, 6.07) is 6.22. The number of hydrogen-bond donors (Lipinski definition) is 1. The summed E-state index contributed by atoms with van der Waals surface area (Å²) in [5.74, 6) is 1.92. The van der Waals surface area contributed by atoms with E-state index in [4.69, 9.17) is 4.74 Å². The largest absolute Gasteiger partial charge is 0.493 e. The first-order valence-corrected chi connectivity index (χ1v) is 6.01. The number of fused-ring (bicyclic) bond motifs is 1. The van der Waals surface area contributed by atoms with Gasteiger partial charge in [-0.15, -0.1) is 0 Å². The van der Waals surface area contributed by atoms with E-state index in [2.05, 4.69) is 32.0 Å². The number of halogens is 1. The molecule has 82 valence electrons. The smallest absolute Gasteiger partial charge is 0.122 e. The van der Waals surface area contributed by atoms with E-state index < -0.39 is 0 Å². The van der Waals surface area contributed by atoms with E-state index in [1.807, 2.05) is 19.1 Å². The molecule has 0 saturated carbocycles. The van der Waals surface area contributed by atoms with Gasteiger partial charge in [0.15, 0.2) is 0 Å². The summed E-state index contributed by atoms with van der Waals surface area (Å²) >= 11 is 3.49. The maximum Gasteiger partial charge on any atom is 0.122 e. The Balaban J connectivity index is 2.10. The van der Waals surface area contributed by atoms with E-state index in [-0.39, 0.29) is 0 Å². The van der Waals surface area contributed by atoms with Crippen LogP contribution in [-0.2, 0) is 6.42 Å². The molecule has 0 unspecified atom stereocenters. The van der Waals surface area contributed by atoms with Gasteiger partial charge in [-0.1, -0.05) is 0 Å². The molecule has 3 nitrogen and oxygen atoms in total. The van der Waals surface area contributed by atoms with Gasteiger partial charge in [-0.2, -0.15) is 0 Å². The first-order valence-electron chi connectivity index (χ1n) is 5.22. The molecular weight excluding hydrogens is 268 g/mol. The zero-order valence-electron chi connectivity index (χ0n) is 8.88. The van der Waals surface area contributed by atoms with Crippen molar-refractivity contribution in [1.29, 1.82) is 0 Å². The van der Waals surface area contributed by atoms with Gasteiger partial charge in [-0.25, -0.2) is 4.98 Å². The molecule has 0 atom stereocenters.